The fraction of sp³-hybridized carbons (Fsp3) is 0.200. The Balaban J connectivity index is 2.92. The van der Waals surface area contributed by atoms with Crippen LogP contribution in [0.25, 0.3) is 0 Å². The van der Waals surface area contributed by atoms with Gasteiger partial charge in [-0.2, -0.15) is 0 Å². The van der Waals surface area contributed by atoms with Crippen molar-refractivity contribution >= 4 is 5.69 Å². The first-order valence-electron chi connectivity index (χ1n) is 4.25. The lowest BCUT2D eigenvalue weighted by Crippen LogP contribution is -2.25. The average molecular weight is 193 g/mol. The molecular formula is C10H15N3O. The van der Waals surface area contributed by atoms with E-state index in [-0.39, 0.29) is 0 Å². The second kappa shape index (κ2) is 4.53. The smallest absolute Gasteiger partial charge is 0.123 e. The van der Waals surface area contributed by atoms with Gasteiger partial charge in [-0.15, -0.1) is 0 Å². The Morgan fingerprint density at radius 2 is 2.21 bits per heavy atom. The van der Waals surface area contributed by atoms with Crippen LogP contribution in [0.15, 0.2) is 30.6 Å². The molecule has 0 saturated heterocycles. The van der Waals surface area contributed by atoms with Crippen LogP contribution >= 0.6 is 0 Å². The molecule has 0 aromatic heterocycles. The van der Waals surface area contributed by atoms with E-state index in [1.165, 1.54) is 0 Å². The minimum Gasteiger partial charge on any atom is -0.496 e. The summed E-state index contributed by atoms with van der Waals surface area (Å²) >= 11 is 0. The molecule has 14 heavy (non-hydrogen) atoms. The number of hydrogen-bond acceptors (Lipinski definition) is 4. The summed E-state index contributed by atoms with van der Waals surface area (Å²) in [5.41, 5.74) is 4.37. The standard InChI is InChI=1S/C10H15N3O/c1-7-9(12-8(2)13-11)5-4-6-10(7)14-3/h4-6,12-13H,2,11H2,1,3H3. The van der Waals surface area contributed by atoms with Crippen LogP contribution in [-0.4, -0.2) is 7.11 Å². The van der Waals surface area contributed by atoms with E-state index in [1.807, 2.05) is 25.1 Å². The number of anilines is 1. The van der Waals surface area contributed by atoms with Crippen LogP contribution in [0.1, 0.15) is 5.56 Å². The molecule has 0 spiro atoms. The van der Waals surface area contributed by atoms with Gasteiger partial charge in [-0.3, -0.25) is 0 Å². The number of rotatable bonds is 4. The molecule has 1 aromatic rings. The lowest BCUT2D eigenvalue weighted by Gasteiger charge is -2.13. The summed E-state index contributed by atoms with van der Waals surface area (Å²) in [7, 11) is 1.64. The SMILES string of the molecule is C=C(NN)Nc1cccc(OC)c1C. The number of methoxy groups -OCH3 is 1. The molecule has 0 aliphatic heterocycles. The van der Waals surface area contributed by atoms with Crippen LogP contribution < -0.4 is 21.3 Å². The highest BCUT2D eigenvalue weighted by molar-refractivity contribution is 5.59. The van der Waals surface area contributed by atoms with Gasteiger partial charge in [0.1, 0.15) is 11.6 Å². The van der Waals surface area contributed by atoms with E-state index < -0.39 is 0 Å². The van der Waals surface area contributed by atoms with Gasteiger partial charge in [0.05, 0.1) is 7.11 Å². The Morgan fingerprint density at radius 3 is 2.79 bits per heavy atom. The molecule has 1 rings (SSSR count). The molecule has 0 radical (unpaired) electrons. The maximum Gasteiger partial charge on any atom is 0.123 e. The minimum absolute atomic E-state index is 0.543. The third-order valence-electron chi connectivity index (χ3n) is 1.96. The highest BCUT2D eigenvalue weighted by atomic mass is 16.5. The van der Waals surface area contributed by atoms with E-state index in [9.17, 15) is 0 Å². The Kier molecular flexibility index (Phi) is 3.36. The van der Waals surface area contributed by atoms with E-state index in [0.717, 1.165) is 17.0 Å². The van der Waals surface area contributed by atoms with Crippen LogP contribution in [0.2, 0.25) is 0 Å². The zero-order valence-corrected chi connectivity index (χ0v) is 8.42. The van der Waals surface area contributed by atoms with Gasteiger partial charge in [-0.1, -0.05) is 12.6 Å². The van der Waals surface area contributed by atoms with Crippen molar-refractivity contribution in [3.63, 3.8) is 0 Å². The highest BCUT2D eigenvalue weighted by Crippen LogP contribution is 2.25. The topological polar surface area (TPSA) is 59.3 Å². The van der Waals surface area contributed by atoms with Gasteiger partial charge < -0.3 is 15.5 Å². The summed E-state index contributed by atoms with van der Waals surface area (Å²) in [4.78, 5) is 0. The third kappa shape index (κ3) is 2.17. The molecule has 0 aliphatic rings. The van der Waals surface area contributed by atoms with Gasteiger partial charge in [0.15, 0.2) is 0 Å². The molecule has 0 unspecified atom stereocenters. The van der Waals surface area contributed by atoms with Gasteiger partial charge in [0.25, 0.3) is 0 Å². The van der Waals surface area contributed by atoms with Crippen molar-refractivity contribution in [1.82, 2.24) is 5.43 Å². The molecule has 76 valence electrons. The Bertz CT molecular complexity index is 336. The van der Waals surface area contributed by atoms with Crippen molar-refractivity contribution in [2.24, 2.45) is 5.84 Å². The van der Waals surface area contributed by atoms with Gasteiger partial charge in [-0.25, -0.2) is 5.84 Å². The zero-order chi connectivity index (χ0) is 10.6. The van der Waals surface area contributed by atoms with Crippen molar-refractivity contribution < 1.29 is 4.74 Å². The summed E-state index contributed by atoms with van der Waals surface area (Å²) in [6, 6.07) is 5.73. The summed E-state index contributed by atoms with van der Waals surface area (Å²) in [6.07, 6.45) is 0. The normalized spacial score (nSPS) is 9.36. The second-order valence-corrected chi connectivity index (χ2v) is 2.88. The second-order valence-electron chi connectivity index (χ2n) is 2.88. The lowest BCUT2D eigenvalue weighted by molar-refractivity contribution is 0.412. The molecule has 0 fully saturated rings. The lowest BCUT2D eigenvalue weighted by atomic mass is 10.2. The molecule has 0 saturated carbocycles. The highest BCUT2D eigenvalue weighted by Gasteiger charge is 2.03. The molecule has 0 atom stereocenters. The predicted octanol–water partition coefficient (Wildman–Crippen LogP) is 1.35. The number of hydrogen-bond donors (Lipinski definition) is 3. The van der Waals surface area contributed by atoms with Crippen LogP contribution in [0.3, 0.4) is 0 Å². The fourth-order valence-corrected chi connectivity index (χ4v) is 1.17. The molecule has 1 aromatic carbocycles. The van der Waals surface area contributed by atoms with Crippen molar-refractivity contribution in [2.75, 3.05) is 12.4 Å². The van der Waals surface area contributed by atoms with Crippen molar-refractivity contribution in [2.45, 2.75) is 6.92 Å². The van der Waals surface area contributed by atoms with Crippen LogP contribution in [-0.2, 0) is 0 Å². The van der Waals surface area contributed by atoms with Crippen LogP contribution in [0.5, 0.6) is 5.75 Å². The monoisotopic (exact) mass is 193 g/mol. The minimum atomic E-state index is 0.543. The van der Waals surface area contributed by atoms with Gasteiger partial charge in [0.2, 0.25) is 0 Å². The average Bonchev–Trinajstić information content (AvgIpc) is 2.21. The number of benzene rings is 1. The van der Waals surface area contributed by atoms with Gasteiger partial charge in [0, 0.05) is 11.3 Å². The first-order valence-corrected chi connectivity index (χ1v) is 4.25. The summed E-state index contributed by atoms with van der Waals surface area (Å²) < 4.78 is 5.18. The fourth-order valence-electron chi connectivity index (χ4n) is 1.17. The molecule has 0 heterocycles. The number of hydrazine groups is 1. The summed E-state index contributed by atoms with van der Waals surface area (Å²) in [6.45, 7) is 5.64. The molecular weight excluding hydrogens is 178 g/mol. The molecule has 4 heteroatoms. The molecule has 0 amide bonds. The number of nitrogens with one attached hydrogen (secondary N) is 2. The quantitative estimate of drug-likeness (QED) is 0.499. The summed E-state index contributed by atoms with van der Waals surface area (Å²) in [5.74, 6) is 6.57. The van der Waals surface area contributed by atoms with E-state index in [0.29, 0.717) is 5.82 Å². The third-order valence-corrected chi connectivity index (χ3v) is 1.96. The first kappa shape index (κ1) is 10.4. The van der Waals surface area contributed by atoms with E-state index in [2.05, 4.69) is 17.3 Å². The first-order chi connectivity index (χ1) is 6.69. The Morgan fingerprint density at radius 1 is 1.50 bits per heavy atom. The Hall–Kier alpha value is -1.68. The predicted molar refractivity (Wildman–Crippen MR) is 57.8 cm³/mol. The number of nitrogens with two attached hydrogens (primary N) is 1. The Labute approximate surface area is 83.7 Å². The van der Waals surface area contributed by atoms with E-state index in [4.69, 9.17) is 10.6 Å². The van der Waals surface area contributed by atoms with E-state index in [1.54, 1.807) is 7.11 Å². The maximum absolute atomic E-state index is 5.20. The van der Waals surface area contributed by atoms with E-state index >= 15 is 0 Å². The molecule has 4 nitrogen and oxygen atoms in total. The van der Waals surface area contributed by atoms with Crippen molar-refractivity contribution in [3.05, 3.63) is 36.2 Å². The van der Waals surface area contributed by atoms with Crippen molar-refractivity contribution in [1.29, 1.82) is 0 Å². The largest absolute Gasteiger partial charge is 0.496 e. The molecule has 0 bridgehead atoms. The van der Waals surface area contributed by atoms with Crippen molar-refractivity contribution in [3.8, 4) is 5.75 Å². The molecule has 4 N–H and O–H groups in total. The number of ether oxygens (including phenoxy) is 1. The van der Waals surface area contributed by atoms with Crippen LogP contribution in [0, 0.1) is 6.92 Å². The van der Waals surface area contributed by atoms with Gasteiger partial charge in [-0.05, 0) is 19.1 Å². The zero-order valence-electron chi connectivity index (χ0n) is 8.42. The van der Waals surface area contributed by atoms with Crippen LogP contribution in [0.4, 0.5) is 5.69 Å². The maximum atomic E-state index is 5.20. The molecule has 0 aliphatic carbocycles. The summed E-state index contributed by atoms with van der Waals surface area (Å²) in [5, 5.41) is 3.02. The van der Waals surface area contributed by atoms with Gasteiger partial charge >= 0.3 is 0 Å².